The zero-order valence-corrected chi connectivity index (χ0v) is 9.01. The molecule has 0 aromatic rings. The lowest BCUT2D eigenvalue weighted by molar-refractivity contribution is 0.0162. The maximum atomic E-state index is 5.26. The summed E-state index contributed by atoms with van der Waals surface area (Å²) < 4.78 is 0.256. The van der Waals surface area contributed by atoms with Gasteiger partial charge in [0.15, 0.2) is 0 Å². The Morgan fingerprint density at radius 1 is 1.09 bits per heavy atom. The van der Waals surface area contributed by atoms with E-state index in [4.69, 9.17) is 10.7 Å². The Hall–Kier alpha value is 0.620. The van der Waals surface area contributed by atoms with E-state index in [0.29, 0.717) is 0 Å². The third-order valence-corrected chi connectivity index (χ3v) is 6.07. The first kappa shape index (κ1) is 9.71. The van der Waals surface area contributed by atoms with Crippen LogP contribution in [0.15, 0.2) is 0 Å². The highest BCUT2D eigenvalue weighted by molar-refractivity contribution is 8.78. The quantitative estimate of drug-likeness (QED) is 0.511. The van der Waals surface area contributed by atoms with Gasteiger partial charge < -0.3 is 0 Å². The molecule has 4 heteroatoms. The Morgan fingerprint density at radius 3 is 1.64 bits per heavy atom. The topological polar surface area (TPSA) is 35.2 Å². The molecule has 2 N–H and O–H groups in total. The van der Waals surface area contributed by atoms with Gasteiger partial charge in [-0.25, -0.2) is 5.90 Å². The molecule has 1 heterocycles. The molecule has 66 valence electrons. The maximum absolute atomic E-state index is 5.26. The number of hydrogen-bond acceptors (Lipinski definition) is 4. The Labute approximate surface area is 76.0 Å². The van der Waals surface area contributed by atoms with E-state index in [0.717, 1.165) is 0 Å². The third-order valence-electron chi connectivity index (χ3n) is 1.87. The largest absolute Gasteiger partial charge is 0.298 e. The van der Waals surface area contributed by atoms with Gasteiger partial charge in [-0.1, -0.05) is 21.6 Å². The van der Waals surface area contributed by atoms with Crippen molar-refractivity contribution in [3.8, 4) is 0 Å². The second-order valence-electron chi connectivity index (χ2n) is 3.89. The van der Waals surface area contributed by atoms with Gasteiger partial charge in [0.1, 0.15) is 6.10 Å². The van der Waals surface area contributed by atoms with Crippen molar-refractivity contribution >= 4 is 21.6 Å². The molecule has 0 saturated carbocycles. The van der Waals surface area contributed by atoms with Crippen LogP contribution in [0.4, 0.5) is 0 Å². The Balaban J connectivity index is 2.80. The number of hydrogen-bond donors (Lipinski definition) is 1. The van der Waals surface area contributed by atoms with Crippen LogP contribution >= 0.6 is 21.6 Å². The highest BCUT2D eigenvalue weighted by Gasteiger charge is 2.50. The molecule has 0 radical (unpaired) electrons. The molecule has 1 fully saturated rings. The van der Waals surface area contributed by atoms with Crippen LogP contribution in [-0.4, -0.2) is 15.6 Å². The lowest BCUT2D eigenvalue weighted by Crippen LogP contribution is -2.44. The lowest BCUT2D eigenvalue weighted by atomic mass is 9.95. The molecule has 0 bridgehead atoms. The van der Waals surface area contributed by atoms with E-state index in [1.54, 1.807) is 0 Å². The summed E-state index contributed by atoms with van der Waals surface area (Å²) in [7, 11) is 3.70. The zero-order valence-electron chi connectivity index (χ0n) is 7.38. The molecule has 0 unspecified atom stereocenters. The van der Waals surface area contributed by atoms with E-state index in [9.17, 15) is 0 Å². The standard InChI is InChI=1S/C7H15NOS2/c1-6(2)5(9-8)7(3,4)11-10-6/h5H,8H2,1-4H3. The van der Waals surface area contributed by atoms with Gasteiger partial charge >= 0.3 is 0 Å². The molecule has 0 aromatic carbocycles. The first-order valence-corrected chi connectivity index (χ1v) is 5.77. The van der Waals surface area contributed by atoms with Gasteiger partial charge in [-0.05, 0) is 27.7 Å². The second kappa shape index (κ2) is 2.83. The predicted molar refractivity (Wildman–Crippen MR) is 52.4 cm³/mol. The number of nitrogens with two attached hydrogens (primary N) is 1. The smallest absolute Gasteiger partial charge is 0.109 e. The SMILES string of the molecule is CC1(C)SSC(C)(C)C1ON. The minimum atomic E-state index is 0.128. The van der Waals surface area contributed by atoms with Crippen LogP contribution in [0.25, 0.3) is 0 Å². The summed E-state index contributed by atoms with van der Waals surface area (Å²) in [6, 6.07) is 0. The summed E-state index contributed by atoms with van der Waals surface area (Å²) in [6.07, 6.45) is 0.130. The third kappa shape index (κ3) is 1.69. The Kier molecular flexibility index (Phi) is 2.50. The van der Waals surface area contributed by atoms with Crippen molar-refractivity contribution in [1.29, 1.82) is 0 Å². The van der Waals surface area contributed by atoms with Crippen molar-refractivity contribution in [2.24, 2.45) is 5.90 Å². The highest BCUT2D eigenvalue weighted by Crippen LogP contribution is 2.57. The van der Waals surface area contributed by atoms with Gasteiger partial charge in [0.25, 0.3) is 0 Å². The van der Waals surface area contributed by atoms with E-state index in [1.165, 1.54) is 0 Å². The molecule has 0 atom stereocenters. The fraction of sp³-hybridized carbons (Fsp3) is 1.00. The van der Waals surface area contributed by atoms with Crippen molar-refractivity contribution < 1.29 is 4.84 Å². The molecular formula is C7H15NOS2. The number of rotatable bonds is 1. The summed E-state index contributed by atoms with van der Waals surface area (Å²) in [4.78, 5) is 5.00. The molecule has 0 aliphatic carbocycles. The first-order chi connectivity index (χ1) is 4.90. The van der Waals surface area contributed by atoms with Crippen molar-refractivity contribution in [3.05, 3.63) is 0 Å². The van der Waals surface area contributed by atoms with Crippen molar-refractivity contribution in [1.82, 2.24) is 0 Å². The summed E-state index contributed by atoms with van der Waals surface area (Å²) in [5.74, 6) is 5.26. The fourth-order valence-electron chi connectivity index (χ4n) is 1.47. The van der Waals surface area contributed by atoms with E-state index in [1.807, 2.05) is 21.6 Å². The maximum Gasteiger partial charge on any atom is 0.109 e. The highest BCUT2D eigenvalue weighted by atomic mass is 33.1. The molecule has 0 aromatic heterocycles. The lowest BCUT2D eigenvalue weighted by Gasteiger charge is -2.29. The van der Waals surface area contributed by atoms with Gasteiger partial charge in [-0.3, -0.25) is 4.84 Å². The van der Waals surface area contributed by atoms with Crippen molar-refractivity contribution in [3.63, 3.8) is 0 Å². The predicted octanol–water partition coefficient (Wildman–Crippen LogP) is 2.20. The normalized spacial score (nSPS) is 29.2. The van der Waals surface area contributed by atoms with Crippen LogP contribution < -0.4 is 5.90 Å². The monoisotopic (exact) mass is 193 g/mol. The van der Waals surface area contributed by atoms with Gasteiger partial charge in [-0.15, -0.1) is 0 Å². The van der Waals surface area contributed by atoms with E-state index < -0.39 is 0 Å². The molecule has 1 rings (SSSR count). The summed E-state index contributed by atoms with van der Waals surface area (Å²) in [5.41, 5.74) is 0. The van der Waals surface area contributed by atoms with Crippen LogP contribution in [-0.2, 0) is 4.84 Å². The molecular weight excluding hydrogens is 178 g/mol. The van der Waals surface area contributed by atoms with Crippen LogP contribution in [0, 0.1) is 0 Å². The minimum absolute atomic E-state index is 0.128. The molecule has 2 nitrogen and oxygen atoms in total. The molecule has 1 aliphatic rings. The van der Waals surface area contributed by atoms with E-state index in [-0.39, 0.29) is 15.6 Å². The average Bonchev–Trinajstić information content (AvgIpc) is 2.03. The van der Waals surface area contributed by atoms with E-state index >= 15 is 0 Å². The first-order valence-electron chi connectivity index (χ1n) is 3.62. The molecule has 0 amide bonds. The second-order valence-corrected chi connectivity index (χ2v) is 7.33. The van der Waals surface area contributed by atoms with Crippen LogP contribution in [0.5, 0.6) is 0 Å². The van der Waals surface area contributed by atoms with E-state index in [2.05, 4.69) is 27.7 Å². The van der Waals surface area contributed by atoms with Crippen LogP contribution in [0.1, 0.15) is 27.7 Å². The van der Waals surface area contributed by atoms with Crippen molar-refractivity contribution in [2.75, 3.05) is 0 Å². The fourth-order valence-corrected chi connectivity index (χ4v) is 4.66. The zero-order chi connectivity index (χ0) is 8.70. The van der Waals surface area contributed by atoms with Gasteiger partial charge in [0, 0.05) is 0 Å². The minimum Gasteiger partial charge on any atom is -0.298 e. The van der Waals surface area contributed by atoms with Crippen molar-refractivity contribution in [2.45, 2.75) is 43.3 Å². The molecule has 1 aliphatic heterocycles. The average molecular weight is 193 g/mol. The summed E-state index contributed by atoms with van der Waals surface area (Å²) >= 11 is 0. The molecule has 1 saturated heterocycles. The summed E-state index contributed by atoms with van der Waals surface area (Å²) in [5, 5.41) is 0. The van der Waals surface area contributed by atoms with Crippen LogP contribution in [0.3, 0.4) is 0 Å². The van der Waals surface area contributed by atoms with Crippen LogP contribution in [0.2, 0.25) is 0 Å². The van der Waals surface area contributed by atoms with Gasteiger partial charge in [-0.2, -0.15) is 0 Å². The van der Waals surface area contributed by atoms with Gasteiger partial charge in [0.2, 0.25) is 0 Å². The summed E-state index contributed by atoms with van der Waals surface area (Å²) in [6.45, 7) is 8.65. The Bertz CT molecular complexity index is 143. The van der Waals surface area contributed by atoms with Gasteiger partial charge in [0.05, 0.1) is 9.49 Å². The molecule has 0 spiro atoms. The molecule has 11 heavy (non-hydrogen) atoms. The Morgan fingerprint density at radius 2 is 1.45 bits per heavy atom.